The number of hydrogen-bond acceptors (Lipinski definition) is 8. The molecule has 2 aliphatic rings. The van der Waals surface area contributed by atoms with Gasteiger partial charge in [-0.1, -0.05) is 12.2 Å². The molecule has 1 atom stereocenters. The summed E-state index contributed by atoms with van der Waals surface area (Å²) in [7, 11) is 0. The molecule has 2 aromatic heterocycles. The van der Waals surface area contributed by atoms with Crippen molar-refractivity contribution in [1.82, 2.24) is 20.3 Å². The third kappa shape index (κ3) is 4.06. The van der Waals surface area contributed by atoms with E-state index in [1.807, 2.05) is 43.5 Å². The SMILES string of the molecule is CC1/C=C\C(c2ccc3ncc(N4CCNCC4)nc3n2)=C/CN=C(N)O1. The highest BCUT2D eigenvalue weighted by atomic mass is 16.5. The number of piperazine rings is 1. The van der Waals surface area contributed by atoms with Crippen LogP contribution in [0.25, 0.3) is 16.7 Å². The fraction of sp³-hybridized carbons (Fsp3) is 0.368. The standard InChI is InChI=1S/C19H23N7O/c1-13-2-3-14(6-7-22-19(20)27-13)15-4-5-16-18(24-15)25-17(12-23-16)26-10-8-21-9-11-26/h2-6,12-13,21H,7-11H2,1H3,(H2,20,22)/b3-2-,14-6+. The molecule has 3 N–H and O–H groups in total. The molecular formula is C19H23N7O. The van der Waals surface area contributed by atoms with Gasteiger partial charge in [0.25, 0.3) is 6.02 Å². The number of rotatable bonds is 2. The van der Waals surface area contributed by atoms with Crippen LogP contribution in [-0.4, -0.2) is 59.8 Å². The third-order valence-corrected chi connectivity index (χ3v) is 4.54. The molecule has 140 valence electrons. The van der Waals surface area contributed by atoms with Crippen LogP contribution in [0.2, 0.25) is 0 Å². The molecule has 2 aliphatic heterocycles. The molecule has 0 aliphatic carbocycles. The van der Waals surface area contributed by atoms with Gasteiger partial charge in [-0.05, 0) is 30.7 Å². The number of aromatic nitrogens is 3. The minimum absolute atomic E-state index is 0.158. The molecule has 4 heterocycles. The van der Waals surface area contributed by atoms with Gasteiger partial charge in [0.15, 0.2) is 5.65 Å². The van der Waals surface area contributed by atoms with Crippen molar-refractivity contribution in [3.05, 3.63) is 42.3 Å². The molecule has 0 spiro atoms. The molecule has 0 radical (unpaired) electrons. The van der Waals surface area contributed by atoms with E-state index in [0.717, 1.165) is 48.8 Å². The summed E-state index contributed by atoms with van der Waals surface area (Å²) >= 11 is 0. The summed E-state index contributed by atoms with van der Waals surface area (Å²) in [5.74, 6) is 0.868. The summed E-state index contributed by atoms with van der Waals surface area (Å²) in [6.45, 7) is 6.10. The monoisotopic (exact) mass is 365 g/mol. The summed E-state index contributed by atoms with van der Waals surface area (Å²) < 4.78 is 5.46. The Kier molecular flexibility index (Phi) is 4.97. The summed E-state index contributed by atoms with van der Waals surface area (Å²) in [6, 6.07) is 4.10. The smallest absolute Gasteiger partial charge is 0.282 e. The van der Waals surface area contributed by atoms with Crippen molar-refractivity contribution in [2.24, 2.45) is 10.7 Å². The lowest BCUT2D eigenvalue weighted by atomic mass is 10.1. The lowest BCUT2D eigenvalue weighted by Crippen LogP contribution is -2.43. The summed E-state index contributed by atoms with van der Waals surface area (Å²) in [6.07, 6.45) is 7.57. The van der Waals surface area contributed by atoms with Crippen LogP contribution in [0.15, 0.2) is 41.6 Å². The highest BCUT2D eigenvalue weighted by Gasteiger charge is 2.14. The second-order valence-electron chi connectivity index (χ2n) is 6.52. The van der Waals surface area contributed by atoms with Crippen LogP contribution < -0.4 is 16.0 Å². The zero-order chi connectivity index (χ0) is 18.6. The quantitative estimate of drug-likeness (QED) is 0.822. The first-order chi connectivity index (χ1) is 13.2. The van der Waals surface area contributed by atoms with E-state index < -0.39 is 0 Å². The lowest BCUT2D eigenvalue weighted by Gasteiger charge is -2.28. The molecular weight excluding hydrogens is 342 g/mol. The highest BCUT2D eigenvalue weighted by molar-refractivity contribution is 5.79. The Morgan fingerprint density at radius 3 is 2.93 bits per heavy atom. The van der Waals surface area contributed by atoms with Crippen molar-refractivity contribution >= 4 is 28.6 Å². The van der Waals surface area contributed by atoms with Gasteiger partial charge >= 0.3 is 0 Å². The minimum atomic E-state index is -0.158. The van der Waals surface area contributed by atoms with Crippen LogP contribution in [0, 0.1) is 0 Å². The van der Waals surface area contributed by atoms with Gasteiger partial charge in [0.2, 0.25) is 0 Å². The van der Waals surface area contributed by atoms with Crippen molar-refractivity contribution in [2.75, 3.05) is 37.6 Å². The second kappa shape index (κ2) is 7.71. The van der Waals surface area contributed by atoms with Crippen LogP contribution in [0.5, 0.6) is 0 Å². The van der Waals surface area contributed by atoms with Gasteiger partial charge in [0, 0.05) is 26.2 Å². The van der Waals surface area contributed by atoms with E-state index in [9.17, 15) is 0 Å². The first-order valence-corrected chi connectivity index (χ1v) is 9.14. The molecule has 0 saturated carbocycles. The van der Waals surface area contributed by atoms with Gasteiger partial charge in [0.1, 0.15) is 17.4 Å². The summed E-state index contributed by atoms with van der Waals surface area (Å²) in [5, 5.41) is 3.35. The number of aliphatic imine (C=N–C) groups is 1. The van der Waals surface area contributed by atoms with Crippen LogP contribution in [-0.2, 0) is 4.74 Å². The molecule has 0 bridgehead atoms. The molecule has 1 unspecified atom stereocenters. The number of hydrogen-bond donors (Lipinski definition) is 2. The molecule has 0 aromatic carbocycles. The van der Waals surface area contributed by atoms with Gasteiger partial charge in [-0.25, -0.2) is 19.9 Å². The fourth-order valence-corrected chi connectivity index (χ4v) is 3.09. The molecule has 4 rings (SSSR count). The number of fused-ring (bicyclic) bond motifs is 1. The average Bonchev–Trinajstić information content (AvgIpc) is 2.78. The van der Waals surface area contributed by atoms with Gasteiger partial charge < -0.3 is 20.7 Å². The number of ether oxygens (including phenoxy) is 1. The highest BCUT2D eigenvalue weighted by Crippen LogP contribution is 2.20. The van der Waals surface area contributed by atoms with E-state index in [1.165, 1.54) is 0 Å². The molecule has 8 heteroatoms. The lowest BCUT2D eigenvalue weighted by molar-refractivity contribution is 0.251. The van der Waals surface area contributed by atoms with Crippen LogP contribution in [0.3, 0.4) is 0 Å². The predicted octanol–water partition coefficient (Wildman–Crippen LogP) is 1.11. The third-order valence-electron chi connectivity index (χ3n) is 4.54. The van der Waals surface area contributed by atoms with E-state index in [1.54, 1.807) is 0 Å². The largest absolute Gasteiger partial charge is 0.458 e. The first-order valence-electron chi connectivity index (χ1n) is 9.14. The Balaban J connectivity index is 1.68. The van der Waals surface area contributed by atoms with Gasteiger partial charge in [0.05, 0.1) is 18.4 Å². The number of nitrogens with one attached hydrogen (secondary N) is 1. The molecule has 1 saturated heterocycles. The van der Waals surface area contributed by atoms with E-state index >= 15 is 0 Å². The Morgan fingerprint density at radius 1 is 1.22 bits per heavy atom. The van der Waals surface area contributed by atoms with Crippen LogP contribution in [0.4, 0.5) is 5.82 Å². The van der Waals surface area contributed by atoms with Gasteiger partial charge in [-0.3, -0.25) is 0 Å². The second-order valence-corrected chi connectivity index (χ2v) is 6.52. The average molecular weight is 365 g/mol. The van der Waals surface area contributed by atoms with Crippen LogP contribution in [0.1, 0.15) is 12.6 Å². The van der Waals surface area contributed by atoms with Crippen molar-refractivity contribution in [3.63, 3.8) is 0 Å². The Bertz CT molecular complexity index is 915. The summed E-state index contributed by atoms with van der Waals surface area (Å²) in [4.78, 5) is 20.4. The number of allylic oxidation sites excluding steroid dienone is 2. The van der Waals surface area contributed by atoms with Crippen molar-refractivity contribution in [1.29, 1.82) is 0 Å². The molecule has 8 nitrogen and oxygen atoms in total. The van der Waals surface area contributed by atoms with E-state index in [-0.39, 0.29) is 12.1 Å². The van der Waals surface area contributed by atoms with Gasteiger partial charge in [-0.2, -0.15) is 0 Å². The predicted molar refractivity (Wildman–Crippen MR) is 107 cm³/mol. The maximum Gasteiger partial charge on any atom is 0.282 e. The fourth-order valence-electron chi connectivity index (χ4n) is 3.09. The molecule has 2 aromatic rings. The van der Waals surface area contributed by atoms with E-state index in [4.69, 9.17) is 20.4 Å². The Labute approximate surface area is 157 Å². The first kappa shape index (κ1) is 17.4. The summed E-state index contributed by atoms with van der Waals surface area (Å²) in [5.41, 5.74) is 8.94. The van der Waals surface area contributed by atoms with Crippen molar-refractivity contribution in [3.8, 4) is 0 Å². The topological polar surface area (TPSA) is 102 Å². The Hall–Kier alpha value is -3.00. The maximum atomic E-state index is 5.73. The van der Waals surface area contributed by atoms with Crippen molar-refractivity contribution in [2.45, 2.75) is 13.0 Å². The molecule has 0 amide bonds. The molecule has 27 heavy (non-hydrogen) atoms. The van der Waals surface area contributed by atoms with E-state index in [2.05, 4.69) is 20.2 Å². The maximum absolute atomic E-state index is 5.73. The van der Waals surface area contributed by atoms with Gasteiger partial charge in [-0.15, -0.1) is 0 Å². The zero-order valence-electron chi connectivity index (χ0n) is 15.3. The van der Waals surface area contributed by atoms with Crippen molar-refractivity contribution < 1.29 is 4.74 Å². The number of nitrogens with two attached hydrogens (primary N) is 1. The van der Waals surface area contributed by atoms with E-state index in [0.29, 0.717) is 12.2 Å². The number of anilines is 1. The normalized spacial score (nSPS) is 24.0. The minimum Gasteiger partial charge on any atom is -0.458 e. The number of pyridine rings is 1. The molecule has 1 fully saturated rings. The zero-order valence-corrected chi connectivity index (χ0v) is 15.3. The number of amidine groups is 1. The van der Waals surface area contributed by atoms with Crippen LogP contribution >= 0.6 is 0 Å². The number of nitrogens with zero attached hydrogens (tertiary/aromatic N) is 5. The Morgan fingerprint density at radius 2 is 2.07 bits per heavy atom.